The van der Waals surface area contributed by atoms with E-state index < -0.39 is 5.09 Å². The zero-order valence-corrected chi connectivity index (χ0v) is 16.0. The Hall–Kier alpha value is -1.64. The maximum Gasteiger partial charge on any atom is 0.291 e. The minimum atomic E-state index is -1.50. The fraction of sp³-hybridized carbons (Fsp3) is 1.00. The summed E-state index contributed by atoms with van der Waals surface area (Å²) >= 11 is 0. The Kier molecular flexibility index (Phi) is 30.7. The van der Waals surface area contributed by atoms with Crippen molar-refractivity contribution >= 4 is 0 Å². The van der Waals surface area contributed by atoms with Gasteiger partial charge in [0.2, 0.25) is 0 Å². The number of hydrogen-bond acceptors (Lipinski definition) is 10. The molecule has 4 N–H and O–H groups in total. The second-order valence-electron chi connectivity index (χ2n) is 4.16. The molecule has 4 unspecified atom stereocenters. The van der Waals surface area contributed by atoms with Crippen molar-refractivity contribution in [1.29, 1.82) is 0 Å². The molecule has 154 valence electrons. The van der Waals surface area contributed by atoms with E-state index in [0.717, 1.165) is 0 Å². The fourth-order valence-corrected chi connectivity index (χ4v) is 0.933. The molecule has 25 heavy (non-hydrogen) atoms. The predicted molar refractivity (Wildman–Crippen MR) is 88.5 cm³/mol. The smallest absolute Gasteiger partial charge is 0.291 e. The van der Waals surface area contributed by atoms with Crippen LogP contribution in [0.3, 0.4) is 0 Å². The van der Waals surface area contributed by atoms with Crippen LogP contribution in [0.2, 0.25) is 0 Å². The van der Waals surface area contributed by atoms with Gasteiger partial charge in [-0.15, -0.1) is 15.0 Å². The molecule has 0 saturated heterocycles. The van der Waals surface area contributed by atoms with Crippen LogP contribution >= 0.6 is 0 Å². The van der Waals surface area contributed by atoms with Gasteiger partial charge in [0, 0.05) is 28.4 Å². The Labute approximate surface area is 147 Å². The summed E-state index contributed by atoms with van der Waals surface area (Å²) in [5.41, 5.74) is 0. The monoisotopic (exact) mass is 376 g/mol. The van der Waals surface area contributed by atoms with E-state index in [1.165, 1.54) is 5.34 Å². The minimum Gasteiger partial charge on any atom is -0.379 e. The van der Waals surface area contributed by atoms with Gasteiger partial charge in [-0.05, 0) is 27.7 Å². The molecule has 0 saturated carbocycles. The molecule has 0 fully saturated rings. The van der Waals surface area contributed by atoms with Crippen LogP contribution in [0.5, 0.6) is 0 Å². The molecular formula is C12H32N4O9. The molecule has 0 aromatic heterocycles. The molecule has 0 radical (unpaired) electrons. The summed E-state index contributed by atoms with van der Waals surface area (Å²) in [7, 11) is 6.61. The second-order valence-corrected chi connectivity index (χ2v) is 4.16. The molecule has 0 bridgehead atoms. The largest absolute Gasteiger partial charge is 0.379 e. The summed E-state index contributed by atoms with van der Waals surface area (Å²) in [5, 5.41) is 27.6. The third-order valence-corrected chi connectivity index (χ3v) is 2.35. The highest BCUT2D eigenvalue weighted by Gasteiger charge is 2.02. The van der Waals surface area contributed by atoms with E-state index in [-0.39, 0.29) is 24.9 Å². The van der Waals surface area contributed by atoms with Gasteiger partial charge in [-0.2, -0.15) is 0 Å². The number of nitrogens with zero attached hydrogens (tertiary/aromatic N) is 2. The highest BCUT2D eigenvalue weighted by Crippen LogP contribution is 1.87. The van der Waals surface area contributed by atoms with Gasteiger partial charge in [0.05, 0.1) is 0 Å². The van der Waals surface area contributed by atoms with Gasteiger partial charge < -0.3 is 29.4 Å². The van der Waals surface area contributed by atoms with Gasteiger partial charge in [-0.25, -0.2) is 0 Å². The zero-order chi connectivity index (χ0) is 20.8. The molecule has 0 aliphatic carbocycles. The lowest BCUT2D eigenvalue weighted by Gasteiger charge is -2.16. The van der Waals surface area contributed by atoms with Crippen molar-refractivity contribution in [2.24, 2.45) is 5.34 Å². The van der Waals surface area contributed by atoms with E-state index in [0.29, 0.717) is 0 Å². The van der Waals surface area contributed by atoms with Crippen molar-refractivity contribution in [1.82, 2.24) is 10.6 Å². The van der Waals surface area contributed by atoms with Gasteiger partial charge in [-0.1, -0.05) is 0 Å². The molecule has 13 heteroatoms. The molecular weight excluding hydrogens is 344 g/mol. The Balaban J connectivity index is -0.000000130. The van der Waals surface area contributed by atoms with Crippen molar-refractivity contribution < 1.29 is 34.4 Å². The van der Waals surface area contributed by atoms with E-state index in [4.69, 9.17) is 44.4 Å². The van der Waals surface area contributed by atoms with Gasteiger partial charge in [0.15, 0.2) is 5.34 Å². The van der Waals surface area contributed by atoms with Crippen LogP contribution in [0.15, 0.2) is 5.34 Å². The minimum absolute atomic E-state index is 0.0555. The maximum atomic E-state index is 8.36. The first-order chi connectivity index (χ1) is 11.6. The van der Waals surface area contributed by atoms with Gasteiger partial charge in [0.1, 0.15) is 24.9 Å². The highest BCUT2D eigenvalue weighted by atomic mass is 16.9. The van der Waals surface area contributed by atoms with Crippen LogP contribution in [0.25, 0.3) is 0 Å². The Morgan fingerprint density at radius 2 is 0.960 bits per heavy atom. The number of hydrogen-bond donors (Lipinski definition) is 4. The first-order valence-electron chi connectivity index (χ1n) is 6.99. The van der Waals surface area contributed by atoms with Crippen LogP contribution < -0.4 is 10.6 Å². The average molecular weight is 376 g/mol. The molecule has 0 aromatic carbocycles. The Morgan fingerprint density at radius 3 is 1.04 bits per heavy atom. The van der Waals surface area contributed by atoms with Crippen LogP contribution in [0.1, 0.15) is 27.7 Å². The van der Waals surface area contributed by atoms with Crippen LogP contribution in [0.4, 0.5) is 0 Å². The molecule has 0 aliphatic heterocycles. The van der Waals surface area contributed by atoms with Crippen LogP contribution in [-0.4, -0.2) is 68.9 Å². The number of methoxy groups -OCH3 is 4. The van der Waals surface area contributed by atoms with Crippen molar-refractivity contribution in [2.75, 3.05) is 28.4 Å². The SMILES string of the molecule is COC(C)NC(C)OC.COC(C)NC(C)OC.O=NO.O=[N+]([O-])O. The zero-order valence-electron chi connectivity index (χ0n) is 16.0. The number of rotatable bonds is 8. The summed E-state index contributed by atoms with van der Waals surface area (Å²) in [6.45, 7) is 7.70. The molecule has 0 heterocycles. The number of nitrogens with one attached hydrogen (secondary N) is 2. The van der Waals surface area contributed by atoms with E-state index in [2.05, 4.69) is 10.6 Å². The molecule has 0 rings (SSSR count). The standard InChI is InChI=1S/2C6H15NO2.HNO3.HNO2/c2*1-5(8-3)7-6(2)9-4;2-1(3)4;2-1-3/h2*5-7H,1-4H3;(H,2,3,4);(H,2,3). The van der Waals surface area contributed by atoms with Crippen molar-refractivity contribution in [2.45, 2.75) is 52.6 Å². The average Bonchev–Trinajstić information content (AvgIpc) is 2.55. The second kappa shape index (κ2) is 24.6. The third-order valence-electron chi connectivity index (χ3n) is 2.35. The maximum absolute atomic E-state index is 8.36. The highest BCUT2D eigenvalue weighted by molar-refractivity contribution is 4.48. The fourth-order valence-electron chi connectivity index (χ4n) is 0.933. The van der Waals surface area contributed by atoms with Gasteiger partial charge in [0.25, 0.3) is 5.09 Å². The molecule has 0 amide bonds. The first-order valence-corrected chi connectivity index (χ1v) is 6.99. The summed E-state index contributed by atoms with van der Waals surface area (Å²) in [6, 6.07) is 0. The molecule has 0 spiro atoms. The lowest BCUT2D eigenvalue weighted by molar-refractivity contribution is -0.742. The van der Waals surface area contributed by atoms with Crippen LogP contribution in [0, 0.1) is 15.0 Å². The van der Waals surface area contributed by atoms with Gasteiger partial charge >= 0.3 is 0 Å². The summed E-state index contributed by atoms with van der Waals surface area (Å²) in [5.74, 6) is 0. The lowest BCUT2D eigenvalue weighted by Crippen LogP contribution is -2.36. The van der Waals surface area contributed by atoms with E-state index >= 15 is 0 Å². The normalized spacial score (nSPS) is 13.9. The summed E-state index contributed by atoms with van der Waals surface area (Å²) < 4.78 is 19.7. The van der Waals surface area contributed by atoms with E-state index in [9.17, 15) is 0 Å². The van der Waals surface area contributed by atoms with Crippen molar-refractivity contribution in [3.05, 3.63) is 15.0 Å². The van der Waals surface area contributed by atoms with Crippen molar-refractivity contribution in [3.63, 3.8) is 0 Å². The van der Waals surface area contributed by atoms with Crippen molar-refractivity contribution in [3.8, 4) is 0 Å². The van der Waals surface area contributed by atoms with Crippen LogP contribution in [-0.2, 0) is 18.9 Å². The van der Waals surface area contributed by atoms with Gasteiger partial charge in [-0.3, -0.25) is 10.6 Å². The summed E-state index contributed by atoms with van der Waals surface area (Å²) in [4.78, 5) is 16.5. The molecule has 0 aromatic rings. The summed E-state index contributed by atoms with van der Waals surface area (Å²) in [6.07, 6.45) is 0.222. The predicted octanol–water partition coefficient (Wildman–Crippen LogP) is 0.916. The van der Waals surface area contributed by atoms with E-state index in [1.807, 2.05) is 27.7 Å². The lowest BCUT2D eigenvalue weighted by atomic mass is 10.5. The third kappa shape index (κ3) is 44.9. The quantitative estimate of drug-likeness (QED) is 0.205. The Morgan fingerprint density at radius 1 is 0.840 bits per heavy atom. The Bertz CT molecular complexity index is 249. The molecule has 4 atom stereocenters. The molecule has 0 aliphatic rings. The van der Waals surface area contributed by atoms with E-state index in [1.54, 1.807) is 28.4 Å². The number of ether oxygens (including phenoxy) is 4. The topological polar surface area (TPSA) is 174 Å². The first kappa shape index (κ1) is 31.2. The molecule has 13 nitrogen and oxygen atoms in total.